The highest BCUT2D eigenvalue weighted by Gasteiger charge is 2.17. The topological polar surface area (TPSA) is 58.2 Å². The van der Waals surface area contributed by atoms with Crippen molar-refractivity contribution in [3.63, 3.8) is 0 Å². The lowest BCUT2D eigenvalue weighted by Gasteiger charge is -2.16. The fourth-order valence-corrected chi connectivity index (χ4v) is 2.95. The van der Waals surface area contributed by atoms with Gasteiger partial charge in [-0.3, -0.25) is 9.59 Å². The Kier molecular flexibility index (Phi) is 6.17. The molecule has 0 bridgehead atoms. The largest absolute Gasteiger partial charge is 0.349 e. The van der Waals surface area contributed by atoms with Crippen molar-refractivity contribution in [3.05, 3.63) is 101 Å². The van der Waals surface area contributed by atoms with E-state index in [-0.39, 0.29) is 17.5 Å². The number of carbonyl (C=O) groups is 2. The van der Waals surface area contributed by atoms with Gasteiger partial charge in [0.25, 0.3) is 11.8 Å². The van der Waals surface area contributed by atoms with Crippen LogP contribution in [0.2, 0.25) is 0 Å². The Morgan fingerprint density at radius 1 is 0.821 bits per heavy atom. The Labute approximate surface area is 163 Å². The van der Waals surface area contributed by atoms with Crippen LogP contribution in [0.3, 0.4) is 0 Å². The molecule has 3 aromatic carbocycles. The number of nitrogens with one attached hydrogen (secondary N) is 2. The number of amides is 2. The number of benzene rings is 3. The van der Waals surface area contributed by atoms with Crippen LogP contribution < -0.4 is 10.6 Å². The normalized spacial score (nSPS) is 11.5. The summed E-state index contributed by atoms with van der Waals surface area (Å²) in [5.74, 6) is -1.51. The predicted octanol–water partition coefficient (Wildman–Crippen LogP) is 4.44. The zero-order valence-electron chi connectivity index (χ0n) is 15.5. The number of hydrogen-bond acceptors (Lipinski definition) is 2. The molecule has 28 heavy (non-hydrogen) atoms. The fourth-order valence-electron chi connectivity index (χ4n) is 2.95. The smallest absolute Gasteiger partial charge is 0.258 e. The molecule has 0 aliphatic carbocycles. The van der Waals surface area contributed by atoms with Crippen molar-refractivity contribution < 1.29 is 14.0 Å². The number of para-hydroxylation sites is 1. The lowest BCUT2D eigenvalue weighted by atomic mass is 10.1. The van der Waals surface area contributed by atoms with Gasteiger partial charge in [-0.1, -0.05) is 54.6 Å². The van der Waals surface area contributed by atoms with Gasteiger partial charge >= 0.3 is 0 Å². The van der Waals surface area contributed by atoms with Gasteiger partial charge in [-0.2, -0.15) is 0 Å². The molecule has 0 fully saturated rings. The summed E-state index contributed by atoms with van der Waals surface area (Å²) in [6.07, 6.45) is 0.691. The summed E-state index contributed by atoms with van der Waals surface area (Å²) in [5, 5.41) is 5.58. The first kappa shape index (κ1) is 19.3. The minimum Gasteiger partial charge on any atom is -0.349 e. The Morgan fingerprint density at radius 3 is 2.14 bits per heavy atom. The third-order valence-electron chi connectivity index (χ3n) is 4.30. The second-order valence-corrected chi connectivity index (χ2v) is 6.54. The molecule has 2 amide bonds. The molecular weight excluding hydrogens is 355 g/mol. The van der Waals surface area contributed by atoms with E-state index in [1.54, 1.807) is 30.3 Å². The fraction of sp³-hybridized carbons (Fsp3) is 0.130. The second kappa shape index (κ2) is 8.95. The molecule has 4 nitrogen and oxygen atoms in total. The van der Waals surface area contributed by atoms with Crippen molar-refractivity contribution in [1.82, 2.24) is 5.32 Å². The molecule has 0 heterocycles. The molecule has 2 N–H and O–H groups in total. The number of carbonyl (C=O) groups excluding carboxylic acids is 2. The van der Waals surface area contributed by atoms with Crippen molar-refractivity contribution >= 4 is 17.5 Å². The first-order valence-corrected chi connectivity index (χ1v) is 9.04. The highest BCUT2D eigenvalue weighted by Crippen LogP contribution is 2.18. The first-order valence-electron chi connectivity index (χ1n) is 9.04. The molecule has 3 aromatic rings. The summed E-state index contributed by atoms with van der Waals surface area (Å²) in [5.41, 5.74) is 1.71. The van der Waals surface area contributed by atoms with Gasteiger partial charge in [-0.05, 0) is 43.2 Å². The SMILES string of the molecule is C[C@@H](Cc1ccccc1)NC(=O)c1ccccc1NC(=O)c1ccccc1F. The van der Waals surface area contributed by atoms with E-state index in [4.69, 9.17) is 0 Å². The van der Waals surface area contributed by atoms with Crippen LogP contribution >= 0.6 is 0 Å². The predicted molar refractivity (Wildman–Crippen MR) is 108 cm³/mol. The Morgan fingerprint density at radius 2 is 1.43 bits per heavy atom. The van der Waals surface area contributed by atoms with Crippen LogP contribution in [0.1, 0.15) is 33.2 Å². The van der Waals surface area contributed by atoms with E-state index >= 15 is 0 Å². The molecule has 0 spiro atoms. The molecule has 0 radical (unpaired) electrons. The van der Waals surface area contributed by atoms with Gasteiger partial charge in [0, 0.05) is 6.04 Å². The minimum atomic E-state index is -0.613. The zero-order chi connectivity index (χ0) is 19.9. The van der Waals surface area contributed by atoms with Gasteiger partial charge in [0.15, 0.2) is 0 Å². The molecule has 0 unspecified atom stereocenters. The van der Waals surface area contributed by atoms with Crippen LogP contribution in [0.4, 0.5) is 10.1 Å². The summed E-state index contributed by atoms with van der Waals surface area (Å²) >= 11 is 0. The van der Waals surface area contributed by atoms with E-state index in [0.717, 1.165) is 5.56 Å². The summed E-state index contributed by atoms with van der Waals surface area (Å²) in [4.78, 5) is 25.1. The van der Waals surface area contributed by atoms with Gasteiger partial charge in [-0.25, -0.2) is 4.39 Å². The molecular formula is C23H21FN2O2. The third kappa shape index (κ3) is 4.82. The van der Waals surface area contributed by atoms with Crippen LogP contribution in [-0.2, 0) is 6.42 Å². The summed E-state index contributed by atoms with van der Waals surface area (Å²) in [6, 6.07) is 22.2. The average molecular weight is 376 g/mol. The van der Waals surface area contributed by atoms with Crippen molar-refractivity contribution in [2.24, 2.45) is 0 Å². The zero-order valence-corrected chi connectivity index (χ0v) is 15.5. The molecule has 0 aliphatic heterocycles. The van der Waals surface area contributed by atoms with E-state index in [1.807, 2.05) is 37.3 Å². The number of anilines is 1. The Hall–Kier alpha value is -3.47. The Balaban J connectivity index is 1.71. The van der Waals surface area contributed by atoms with Gasteiger partial charge in [0.05, 0.1) is 16.8 Å². The third-order valence-corrected chi connectivity index (χ3v) is 4.30. The van der Waals surface area contributed by atoms with Gasteiger partial charge in [0.1, 0.15) is 5.82 Å². The maximum atomic E-state index is 13.8. The van der Waals surface area contributed by atoms with Crippen LogP contribution in [0, 0.1) is 5.82 Å². The summed E-state index contributed by atoms with van der Waals surface area (Å²) in [6.45, 7) is 1.92. The number of halogens is 1. The van der Waals surface area contributed by atoms with Crippen LogP contribution in [0.25, 0.3) is 0 Å². The van der Waals surface area contributed by atoms with Crippen molar-refractivity contribution in [1.29, 1.82) is 0 Å². The van der Waals surface area contributed by atoms with E-state index < -0.39 is 11.7 Å². The molecule has 5 heteroatoms. The van der Waals surface area contributed by atoms with Crippen LogP contribution in [-0.4, -0.2) is 17.9 Å². The maximum Gasteiger partial charge on any atom is 0.258 e. The second-order valence-electron chi connectivity index (χ2n) is 6.54. The molecule has 1 atom stereocenters. The summed E-state index contributed by atoms with van der Waals surface area (Å²) in [7, 11) is 0. The standard InChI is InChI=1S/C23H21FN2O2/c1-16(15-17-9-3-2-4-10-17)25-23(28)19-12-6-8-14-21(19)26-22(27)18-11-5-7-13-20(18)24/h2-14,16H,15H2,1H3,(H,25,28)(H,26,27)/t16-/m0/s1. The Bertz CT molecular complexity index is 973. The van der Waals surface area contributed by atoms with Crippen LogP contribution in [0.5, 0.6) is 0 Å². The molecule has 0 saturated heterocycles. The van der Waals surface area contributed by atoms with Gasteiger partial charge in [-0.15, -0.1) is 0 Å². The van der Waals surface area contributed by atoms with E-state index in [0.29, 0.717) is 17.7 Å². The molecule has 3 rings (SSSR count). The maximum absolute atomic E-state index is 13.8. The van der Waals surface area contributed by atoms with Crippen molar-refractivity contribution in [2.75, 3.05) is 5.32 Å². The number of hydrogen-bond donors (Lipinski definition) is 2. The van der Waals surface area contributed by atoms with Gasteiger partial charge in [0.2, 0.25) is 0 Å². The lowest BCUT2D eigenvalue weighted by molar-refractivity contribution is 0.0941. The van der Waals surface area contributed by atoms with Crippen molar-refractivity contribution in [2.45, 2.75) is 19.4 Å². The highest BCUT2D eigenvalue weighted by atomic mass is 19.1. The van der Waals surface area contributed by atoms with Crippen molar-refractivity contribution in [3.8, 4) is 0 Å². The minimum absolute atomic E-state index is 0.0739. The van der Waals surface area contributed by atoms with E-state index in [9.17, 15) is 14.0 Å². The molecule has 0 aromatic heterocycles. The quantitative estimate of drug-likeness (QED) is 0.668. The lowest BCUT2D eigenvalue weighted by Crippen LogP contribution is -2.34. The molecule has 0 saturated carbocycles. The first-order chi connectivity index (χ1) is 13.5. The van der Waals surface area contributed by atoms with Crippen LogP contribution in [0.15, 0.2) is 78.9 Å². The summed E-state index contributed by atoms with van der Waals surface area (Å²) < 4.78 is 13.8. The molecule has 142 valence electrons. The average Bonchev–Trinajstić information content (AvgIpc) is 2.69. The monoisotopic (exact) mass is 376 g/mol. The number of rotatable bonds is 6. The molecule has 0 aliphatic rings. The van der Waals surface area contributed by atoms with E-state index in [2.05, 4.69) is 10.6 Å². The van der Waals surface area contributed by atoms with E-state index in [1.165, 1.54) is 18.2 Å². The van der Waals surface area contributed by atoms with Gasteiger partial charge < -0.3 is 10.6 Å². The highest BCUT2D eigenvalue weighted by molar-refractivity contribution is 6.09.